The molecule has 0 bridgehead atoms. The first-order valence-corrected chi connectivity index (χ1v) is 9.29. The predicted molar refractivity (Wildman–Crippen MR) is 107 cm³/mol. The second kappa shape index (κ2) is 6.85. The molecule has 2 unspecified atom stereocenters. The maximum absolute atomic E-state index is 5.90. The number of thioether (sulfide) groups is 1. The lowest BCUT2D eigenvalue weighted by molar-refractivity contribution is 0.323. The first-order chi connectivity index (χ1) is 12.3. The summed E-state index contributed by atoms with van der Waals surface area (Å²) < 4.78 is 5.90. The Labute approximate surface area is 153 Å². The lowest BCUT2D eigenvalue weighted by Crippen LogP contribution is -2.41. The number of nitrogens with zero attached hydrogens (tertiary/aromatic N) is 1. The summed E-state index contributed by atoms with van der Waals surface area (Å²) in [5, 5.41) is 0.974. The van der Waals surface area contributed by atoms with Crippen LogP contribution in [0.2, 0.25) is 0 Å². The summed E-state index contributed by atoms with van der Waals surface area (Å²) in [5.74, 6) is 0.288. The molecule has 2 atom stereocenters. The van der Waals surface area contributed by atoms with Gasteiger partial charge in [0.15, 0.2) is 5.09 Å². The zero-order valence-electron chi connectivity index (χ0n) is 14.4. The SMILES string of the molecule is CO/C(Sc1ccccc1)=C1\c2ccccc2N(C)C2C=CC=CC12. The highest BCUT2D eigenvalue weighted by molar-refractivity contribution is 8.03. The van der Waals surface area contributed by atoms with Crippen molar-refractivity contribution in [1.29, 1.82) is 0 Å². The standard InChI is InChI=1S/C22H21NOS/c1-23-19-14-8-6-12-17(19)21(18-13-7-9-15-20(18)23)22(24-2)25-16-10-4-3-5-11-16/h3-15,17,19H,1-2H3/b22-21+. The van der Waals surface area contributed by atoms with Crippen LogP contribution in [0, 0.1) is 5.92 Å². The topological polar surface area (TPSA) is 12.5 Å². The third-order valence-electron chi connectivity index (χ3n) is 4.82. The number of hydrogen-bond acceptors (Lipinski definition) is 3. The molecule has 0 N–H and O–H groups in total. The summed E-state index contributed by atoms with van der Waals surface area (Å²) in [5.41, 5.74) is 3.78. The van der Waals surface area contributed by atoms with E-state index in [1.165, 1.54) is 21.7 Å². The van der Waals surface area contributed by atoms with Crippen molar-refractivity contribution in [2.75, 3.05) is 19.1 Å². The highest BCUT2D eigenvalue weighted by Crippen LogP contribution is 2.47. The van der Waals surface area contributed by atoms with Crippen LogP contribution in [0.4, 0.5) is 5.69 Å². The molecule has 0 spiro atoms. The fraction of sp³-hybridized carbons (Fsp3) is 0.182. The van der Waals surface area contributed by atoms with Gasteiger partial charge in [-0.2, -0.15) is 0 Å². The van der Waals surface area contributed by atoms with E-state index in [0.717, 1.165) is 5.09 Å². The Morgan fingerprint density at radius 2 is 1.68 bits per heavy atom. The van der Waals surface area contributed by atoms with Crippen molar-refractivity contribution in [2.45, 2.75) is 10.9 Å². The molecule has 0 fully saturated rings. The fourth-order valence-electron chi connectivity index (χ4n) is 3.63. The van der Waals surface area contributed by atoms with Crippen LogP contribution in [0.5, 0.6) is 0 Å². The molecule has 2 nitrogen and oxygen atoms in total. The van der Waals surface area contributed by atoms with Crippen molar-refractivity contribution in [3.8, 4) is 0 Å². The normalized spacial score (nSPS) is 23.0. The van der Waals surface area contributed by atoms with E-state index in [4.69, 9.17) is 4.74 Å². The van der Waals surface area contributed by atoms with Gasteiger partial charge in [-0.25, -0.2) is 0 Å². The summed E-state index contributed by atoms with van der Waals surface area (Å²) in [6.07, 6.45) is 8.85. The number of anilines is 1. The molecule has 4 rings (SSSR count). The second-order valence-corrected chi connectivity index (χ2v) is 7.28. The Balaban J connectivity index is 1.88. The molecule has 2 aliphatic rings. The first kappa shape index (κ1) is 16.1. The van der Waals surface area contributed by atoms with Crippen molar-refractivity contribution in [3.63, 3.8) is 0 Å². The van der Waals surface area contributed by atoms with Gasteiger partial charge in [0.2, 0.25) is 0 Å². The zero-order valence-corrected chi connectivity index (χ0v) is 15.2. The zero-order chi connectivity index (χ0) is 17.2. The van der Waals surface area contributed by atoms with E-state index < -0.39 is 0 Å². The first-order valence-electron chi connectivity index (χ1n) is 8.48. The van der Waals surface area contributed by atoms with Crippen LogP contribution in [0.15, 0.2) is 88.9 Å². The molecule has 0 aromatic heterocycles. The molecule has 0 saturated heterocycles. The van der Waals surface area contributed by atoms with E-state index in [2.05, 4.69) is 84.8 Å². The number of rotatable bonds is 3. The summed E-state index contributed by atoms with van der Waals surface area (Å²) in [7, 11) is 3.95. The molecule has 2 aromatic rings. The van der Waals surface area contributed by atoms with Crippen LogP contribution >= 0.6 is 11.8 Å². The van der Waals surface area contributed by atoms with Crippen LogP contribution in [-0.2, 0) is 4.74 Å². The number of fused-ring (bicyclic) bond motifs is 2. The van der Waals surface area contributed by atoms with E-state index >= 15 is 0 Å². The van der Waals surface area contributed by atoms with Crippen LogP contribution in [0.3, 0.4) is 0 Å². The van der Waals surface area contributed by atoms with E-state index in [-0.39, 0.29) is 5.92 Å². The van der Waals surface area contributed by atoms with Gasteiger partial charge in [-0.05, 0) is 18.2 Å². The van der Waals surface area contributed by atoms with Gasteiger partial charge in [0.25, 0.3) is 0 Å². The molecular weight excluding hydrogens is 326 g/mol. The highest BCUT2D eigenvalue weighted by atomic mass is 32.2. The molecule has 1 heterocycles. The molecule has 1 aliphatic carbocycles. The fourth-order valence-corrected chi connectivity index (χ4v) is 4.58. The average molecular weight is 347 g/mol. The van der Waals surface area contributed by atoms with Crippen molar-refractivity contribution in [1.82, 2.24) is 0 Å². The Bertz CT molecular complexity index is 853. The lowest BCUT2D eigenvalue weighted by Gasteiger charge is -2.42. The number of likely N-dealkylation sites (N-methyl/N-ethyl adjacent to an activating group) is 1. The molecule has 25 heavy (non-hydrogen) atoms. The molecule has 3 heteroatoms. The van der Waals surface area contributed by atoms with Gasteiger partial charge in [0.1, 0.15) is 0 Å². The average Bonchev–Trinajstić information content (AvgIpc) is 2.68. The summed E-state index contributed by atoms with van der Waals surface area (Å²) in [4.78, 5) is 3.55. The third kappa shape index (κ3) is 2.89. The molecule has 126 valence electrons. The second-order valence-electron chi connectivity index (χ2n) is 6.23. The van der Waals surface area contributed by atoms with Crippen molar-refractivity contribution >= 4 is 23.0 Å². The molecule has 0 saturated carbocycles. The van der Waals surface area contributed by atoms with E-state index in [1.54, 1.807) is 18.9 Å². The van der Waals surface area contributed by atoms with Gasteiger partial charge in [-0.1, -0.05) is 72.5 Å². The maximum atomic E-state index is 5.90. The molecular formula is C22H21NOS. The van der Waals surface area contributed by atoms with Crippen LogP contribution in [-0.4, -0.2) is 20.2 Å². The summed E-state index contributed by atoms with van der Waals surface area (Å²) in [6, 6.07) is 19.3. The number of methoxy groups -OCH3 is 1. The Morgan fingerprint density at radius 1 is 0.960 bits per heavy atom. The number of para-hydroxylation sites is 1. The number of benzene rings is 2. The van der Waals surface area contributed by atoms with Crippen LogP contribution in [0.1, 0.15) is 5.56 Å². The number of hydrogen-bond donors (Lipinski definition) is 0. The highest BCUT2D eigenvalue weighted by Gasteiger charge is 2.36. The van der Waals surface area contributed by atoms with E-state index in [1.807, 2.05) is 6.07 Å². The van der Waals surface area contributed by atoms with Gasteiger partial charge in [0, 0.05) is 34.7 Å². The Hall–Kier alpha value is -2.39. The van der Waals surface area contributed by atoms with Gasteiger partial charge in [-0.15, -0.1) is 0 Å². The largest absolute Gasteiger partial charge is 0.490 e. The lowest BCUT2D eigenvalue weighted by atomic mass is 9.79. The van der Waals surface area contributed by atoms with E-state index in [0.29, 0.717) is 6.04 Å². The Kier molecular flexibility index (Phi) is 4.41. The van der Waals surface area contributed by atoms with Gasteiger partial charge >= 0.3 is 0 Å². The number of allylic oxidation sites excluding steroid dienone is 2. The molecule has 1 aliphatic heterocycles. The van der Waals surface area contributed by atoms with Crippen LogP contribution in [0.25, 0.3) is 5.57 Å². The van der Waals surface area contributed by atoms with Gasteiger partial charge in [0.05, 0.1) is 13.2 Å². The molecule has 2 aromatic carbocycles. The molecule has 0 radical (unpaired) electrons. The minimum Gasteiger partial charge on any atom is -0.490 e. The Morgan fingerprint density at radius 3 is 2.48 bits per heavy atom. The molecule has 0 amide bonds. The van der Waals surface area contributed by atoms with Gasteiger partial charge in [-0.3, -0.25) is 0 Å². The maximum Gasteiger partial charge on any atom is 0.162 e. The van der Waals surface area contributed by atoms with E-state index in [9.17, 15) is 0 Å². The number of ether oxygens (including phenoxy) is 1. The quantitative estimate of drug-likeness (QED) is 0.548. The van der Waals surface area contributed by atoms with Crippen molar-refractivity contribution in [3.05, 3.63) is 89.6 Å². The third-order valence-corrected chi connectivity index (χ3v) is 5.90. The summed E-state index contributed by atoms with van der Waals surface area (Å²) in [6.45, 7) is 0. The smallest absolute Gasteiger partial charge is 0.162 e. The minimum absolute atomic E-state index is 0.288. The minimum atomic E-state index is 0.288. The predicted octanol–water partition coefficient (Wildman–Crippen LogP) is 5.35. The monoisotopic (exact) mass is 347 g/mol. The van der Waals surface area contributed by atoms with Gasteiger partial charge < -0.3 is 9.64 Å². The van der Waals surface area contributed by atoms with Crippen molar-refractivity contribution in [2.24, 2.45) is 5.92 Å². The summed E-state index contributed by atoms with van der Waals surface area (Å²) >= 11 is 1.70. The van der Waals surface area contributed by atoms with Crippen LogP contribution < -0.4 is 4.90 Å². The van der Waals surface area contributed by atoms with Crippen molar-refractivity contribution < 1.29 is 4.74 Å².